The molecule has 116 valence electrons. The number of amides is 1. The lowest BCUT2D eigenvalue weighted by atomic mass is 9.85. The molecular weight excluding hydrogens is 306 g/mol. The van der Waals surface area contributed by atoms with E-state index >= 15 is 0 Å². The van der Waals surface area contributed by atoms with Crippen molar-refractivity contribution in [1.82, 2.24) is 5.32 Å². The van der Waals surface area contributed by atoms with Crippen LogP contribution >= 0.6 is 23.4 Å². The Labute approximate surface area is 135 Å². The maximum absolute atomic E-state index is 12.0. The predicted octanol–water partition coefficient (Wildman–Crippen LogP) is 3.49. The molecule has 0 aliphatic heterocycles. The number of thioether (sulfide) groups is 1. The van der Waals surface area contributed by atoms with E-state index in [1.165, 1.54) is 0 Å². The summed E-state index contributed by atoms with van der Waals surface area (Å²) in [7, 11) is 0. The molecule has 0 aromatic heterocycles. The van der Waals surface area contributed by atoms with E-state index in [-0.39, 0.29) is 24.5 Å². The first kappa shape index (κ1) is 16.7. The molecule has 5 heteroatoms. The summed E-state index contributed by atoms with van der Waals surface area (Å²) in [5.74, 6) is 1.00. The summed E-state index contributed by atoms with van der Waals surface area (Å²) in [6.45, 7) is 0.166. The highest BCUT2D eigenvalue weighted by molar-refractivity contribution is 7.99. The topological polar surface area (TPSA) is 49.3 Å². The third-order valence-electron chi connectivity index (χ3n) is 3.91. The molecule has 1 aliphatic rings. The molecule has 1 fully saturated rings. The standard InChI is InChI=1S/C16H22ClNO2S/c17-13-6-2-4-8-15(13)21-10-9-16(20)18-14-7-3-1-5-12(14)11-19/h2,4,6,8,12,14,19H,1,3,5,7,9-11H2,(H,18,20). The monoisotopic (exact) mass is 327 g/mol. The van der Waals surface area contributed by atoms with Crippen LogP contribution in [0.25, 0.3) is 0 Å². The molecule has 1 saturated carbocycles. The molecule has 21 heavy (non-hydrogen) atoms. The van der Waals surface area contributed by atoms with Crippen molar-refractivity contribution >= 4 is 29.3 Å². The van der Waals surface area contributed by atoms with Gasteiger partial charge in [0.2, 0.25) is 5.91 Å². The van der Waals surface area contributed by atoms with Crippen LogP contribution in [0, 0.1) is 5.92 Å². The predicted molar refractivity (Wildman–Crippen MR) is 87.8 cm³/mol. The molecule has 0 bridgehead atoms. The Kier molecular flexibility index (Phi) is 6.87. The fraction of sp³-hybridized carbons (Fsp3) is 0.562. The van der Waals surface area contributed by atoms with Gasteiger partial charge in [-0.25, -0.2) is 0 Å². The van der Waals surface area contributed by atoms with Crippen LogP contribution in [0.2, 0.25) is 5.02 Å². The second-order valence-electron chi connectivity index (χ2n) is 5.43. The van der Waals surface area contributed by atoms with Gasteiger partial charge in [-0.05, 0) is 25.0 Å². The zero-order valence-corrected chi connectivity index (χ0v) is 13.6. The second-order valence-corrected chi connectivity index (χ2v) is 6.97. The fourth-order valence-electron chi connectivity index (χ4n) is 2.71. The van der Waals surface area contributed by atoms with Crippen molar-refractivity contribution < 1.29 is 9.90 Å². The third kappa shape index (κ3) is 5.20. The van der Waals surface area contributed by atoms with E-state index < -0.39 is 0 Å². The van der Waals surface area contributed by atoms with E-state index in [1.807, 2.05) is 24.3 Å². The maximum atomic E-state index is 12.0. The Balaban J connectivity index is 1.73. The normalized spacial score (nSPS) is 22.0. The highest BCUT2D eigenvalue weighted by Crippen LogP contribution is 2.27. The highest BCUT2D eigenvalue weighted by Gasteiger charge is 2.25. The van der Waals surface area contributed by atoms with Gasteiger partial charge in [0, 0.05) is 35.6 Å². The number of hydrogen-bond donors (Lipinski definition) is 2. The van der Waals surface area contributed by atoms with Gasteiger partial charge in [-0.2, -0.15) is 0 Å². The lowest BCUT2D eigenvalue weighted by Gasteiger charge is -2.30. The van der Waals surface area contributed by atoms with E-state index in [2.05, 4.69) is 5.32 Å². The minimum Gasteiger partial charge on any atom is -0.396 e. The summed E-state index contributed by atoms with van der Waals surface area (Å²) in [5.41, 5.74) is 0. The Morgan fingerprint density at radius 2 is 2.10 bits per heavy atom. The van der Waals surface area contributed by atoms with Gasteiger partial charge >= 0.3 is 0 Å². The van der Waals surface area contributed by atoms with Crippen molar-refractivity contribution in [2.24, 2.45) is 5.92 Å². The third-order valence-corrected chi connectivity index (χ3v) is 5.43. The summed E-state index contributed by atoms with van der Waals surface area (Å²) in [6.07, 6.45) is 4.75. The molecule has 1 aromatic rings. The molecule has 0 heterocycles. The maximum Gasteiger partial charge on any atom is 0.221 e. The van der Waals surface area contributed by atoms with Gasteiger partial charge in [-0.3, -0.25) is 4.79 Å². The number of hydrogen-bond acceptors (Lipinski definition) is 3. The van der Waals surface area contributed by atoms with Crippen molar-refractivity contribution in [2.75, 3.05) is 12.4 Å². The van der Waals surface area contributed by atoms with Crippen molar-refractivity contribution in [2.45, 2.75) is 43.0 Å². The van der Waals surface area contributed by atoms with Gasteiger partial charge in [-0.15, -0.1) is 11.8 Å². The molecule has 0 saturated heterocycles. The van der Waals surface area contributed by atoms with Crippen LogP contribution in [0.5, 0.6) is 0 Å². The number of carbonyl (C=O) groups excluding carboxylic acids is 1. The van der Waals surface area contributed by atoms with Gasteiger partial charge in [0.25, 0.3) is 0 Å². The number of benzene rings is 1. The quantitative estimate of drug-likeness (QED) is 0.786. The molecule has 2 rings (SSSR count). The van der Waals surface area contributed by atoms with Gasteiger partial charge in [0.1, 0.15) is 0 Å². The van der Waals surface area contributed by atoms with Gasteiger partial charge in [-0.1, -0.05) is 36.6 Å². The Morgan fingerprint density at radius 3 is 2.86 bits per heavy atom. The minimum atomic E-state index is 0.0694. The van der Waals surface area contributed by atoms with Crippen LogP contribution in [-0.4, -0.2) is 29.4 Å². The lowest BCUT2D eigenvalue weighted by molar-refractivity contribution is -0.122. The van der Waals surface area contributed by atoms with E-state index in [0.29, 0.717) is 12.2 Å². The number of aliphatic hydroxyl groups excluding tert-OH is 1. The summed E-state index contributed by atoms with van der Waals surface area (Å²) in [4.78, 5) is 13.0. The number of carbonyl (C=O) groups is 1. The van der Waals surface area contributed by atoms with Crippen molar-refractivity contribution in [3.63, 3.8) is 0 Å². The average molecular weight is 328 g/mol. The first-order valence-electron chi connectivity index (χ1n) is 7.48. The number of rotatable bonds is 6. The zero-order chi connectivity index (χ0) is 15.1. The van der Waals surface area contributed by atoms with Crippen LogP contribution < -0.4 is 5.32 Å². The van der Waals surface area contributed by atoms with Crippen LogP contribution in [-0.2, 0) is 4.79 Å². The van der Waals surface area contributed by atoms with Crippen LogP contribution in [0.1, 0.15) is 32.1 Å². The number of nitrogens with one attached hydrogen (secondary N) is 1. The summed E-state index contributed by atoms with van der Waals surface area (Å²) >= 11 is 7.69. The van der Waals surface area contributed by atoms with Gasteiger partial charge in [0.15, 0.2) is 0 Å². The molecule has 2 atom stereocenters. The number of halogens is 1. The fourth-order valence-corrected chi connectivity index (χ4v) is 3.90. The first-order valence-corrected chi connectivity index (χ1v) is 8.84. The molecule has 0 radical (unpaired) electrons. The van der Waals surface area contributed by atoms with Crippen molar-refractivity contribution in [3.05, 3.63) is 29.3 Å². The molecule has 1 aliphatic carbocycles. The largest absolute Gasteiger partial charge is 0.396 e. The summed E-state index contributed by atoms with van der Waals surface area (Å²) in [6, 6.07) is 7.81. The molecule has 0 spiro atoms. The molecular formula is C16H22ClNO2S. The van der Waals surface area contributed by atoms with E-state index in [1.54, 1.807) is 11.8 Å². The van der Waals surface area contributed by atoms with Gasteiger partial charge < -0.3 is 10.4 Å². The smallest absolute Gasteiger partial charge is 0.221 e. The SMILES string of the molecule is O=C(CCSc1ccccc1Cl)NC1CCCCC1CO. The van der Waals surface area contributed by atoms with Crippen molar-refractivity contribution in [1.29, 1.82) is 0 Å². The Morgan fingerprint density at radius 1 is 1.33 bits per heavy atom. The zero-order valence-electron chi connectivity index (χ0n) is 12.1. The Bertz CT molecular complexity index is 469. The molecule has 1 amide bonds. The number of aliphatic hydroxyl groups is 1. The average Bonchev–Trinajstić information content (AvgIpc) is 2.50. The summed E-state index contributed by atoms with van der Waals surface area (Å²) in [5, 5.41) is 13.2. The molecule has 3 nitrogen and oxygen atoms in total. The molecule has 2 unspecified atom stereocenters. The Hall–Kier alpha value is -0.710. The van der Waals surface area contributed by atoms with Gasteiger partial charge in [0.05, 0.1) is 5.02 Å². The van der Waals surface area contributed by atoms with Crippen molar-refractivity contribution in [3.8, 4) is 0 Å². The first-order chi connectivity index (χ1) is 10.2. The highest BCUT2D eigenvalue weighted by atomic mass is 35.5. The van der Waals surface area contributed by atoms with Crippen LogP contribution in [0.3, 0.4) is 0 Å². The second kappa shape index (κ2) is 8.66. The molecule has 1 aromatic carbocycles. The van der Waals surface area contributed by atoms with Crippen LogP contribution in [0.15, 0.2) is 29.2 Å². The van der Waals surface area contributed by atoms with E-state index in [4.69, 9.17) is 11.6 Å². The minimum absolute atomic E-state index is 0.0694. The van der Waals surface area contributed by atoms with Crippen LogP contribution in [0.4, 0.5) is 0 Å². The summed E-state index contributed by atoms with van der Waals surface area (Å²) < 4.78 is 0. The van der Waals surface area contributed by atoms with E-state index in [9.17, 15) is 9.90 Å². The lowest BCUT2D eigenvalue weighted by Crippen LogP contribution is -2.43. The molecule has 2 N–H and O–H groups in total. The van der Waals surface area contributed by atoms with E-state index in [0.717, 1.165) is 35.6 Å².